The average molecular weight is 360 g/mol. The number of carbonyl (C=O) groups is 2. The lowest BCUT2D eigenvalue weighted by Crippen LogP contribution is -2.42. The number of aryl methyl sites for hydroxylation is 2. The van der Waals surface area contributed by atoms with Crippen molar-refractivity contribution in [2.24, 2.45) is 13.0 Å². The van der Waals surface area contributed by atoms with Gasteiger partial charge in [0, 0.05) is 26.2 Å². The lowest BCUT2D eigenvalue weighted by atomic mass is 10.0. The van der Waals surface area contributed by atoms with E-state index in [2.05, 4.69) is 15.0 Å². The van der Waals surface area contributed by atoms with Crippen LogP contribution in [0.25, 0.3) is 0 Å². The Bertz CT molecular complexity index is 677. The maximum Gasteiger partial charge on any atom is 0.326 e. The van der Waals surface area contributed by atoms with Gasteiger partial charge in [-0.15, -0.1) is 0 Å². The Kier molecular flexibility index (Phi) is 6.91. The summed E-state index contributed by atoms with van der Waals surface area (Å²) in [7, 11) is -2.12. The summed E-state index contributed by atoms with van der Waals surface area (Å²) in [5, 5.41) is 11.3. The van der Waals surface area contributed by atoms with E-state index in [1.54, 1.807) is 18.5 Å². The zero-order valence-corrected chi connectivity index (χ0v) is 15.1. The highest BCUT2D eigenvalue weighted by atomic mass is 32.2. The molecule has 0 saturated heterocycles. The van der Waals surface area contributed by atoms with Crippen LogP contribution in [0, 0.1) is 12.8 Å². The molecule has 1 aromatic rings. The number of imidazole rings is 1. The van der Waals surface area contributed by atoms with Gasteiger partial charge in [0.2, 0.25) is 5.91 Å². The highest BCUT2D eigenvalue weighted by molar-refractivity contribution is 7.89. The van der Waals surface area contributed by atoms with Crippen molar-refractivity contribution < 1.29 is 23.1 Å². The molecule has 1 atom stereocenters. The predicted molar refractivity (Wildman–Crippen MR) is 86.8 cm³/mol. The van der Waals surface area contributed by atoms with Gasteiger partial charge in [0.05, 0.1) is 0 Å². The van der Waals surface area contributed by atoms with Gasteiger partial charge in [-0.2, -0.15) is 0 Å². The van der Waals surface area contributed by atoms with E-state index >= 15 is 0 Å². The molecule has 0 spiro atoms. The molecule has 0 unspecified atom stereocenters. The first-order chi connectivity index (χ1) is 11.0. The third-order valence-corrected chi connectivity index (χ3v) is 4.68. The third-order valence-electron chi connectivity index (χ3n) is 3.35. The number of amides is 1. The fourth-order valence-corrected chi connectivity index (χ4v) is 3.06. The number of rotatable bonds is 9. The van der Waals surface area contributed by atoms with Gasteiger partial charge in [0.25, 0.3) is 10.0 Å². The Labute approximate surface area is 141 Å². The summed E-state index contributed by atoms with van der Waals surface area (Å²) < 4.78 is 27.9. The molecule has 1 aromatic heterocycles. The molecule has 136 valence electrons. The molecule has 0 aliphatic carbocycles. The Morgan fingerprint density at radius 1 is 1.38 bits per heavy atom. The summed E-state index contributed by atoms with van der Waals surface area (Å²) in [5.41, 5.74) is 0. The second-order valence-corrected chi connectivity index (χ2v) is 7.69. The fourth-order valence-electron chi connectivity index (χ4n) is 1.99. The molecular formula is C14H24N4O5S. The highest BCUT2D eigenvalue weighted by Gasteiger charge is 2.22. The number of hydrogen-bond donors (Lipinski definition) is 3. The van der Waals surface area contributed by atoms with Crippen LogP contribution in [0.5, 0.6) is 0 Å². The quantitative estimate of drug-likeness (QED) is 0.569. The van der Waals surface area contributed by atoms with E-state index in [9.17, 15) is 18.0 Å². The summed E-state index contributed by atoms with van der Waals surface area (Å²) in [6.07, 6.45) is 1.52. The molecule has 24 heavy (non-hydrogen) atoms. The van der Waals surface area contributed by atoms with Gasteiger partial charge in [0.1, 0.15) is 11.9 Å². The molecule has 1 amide bonds. The molecule has 0 saturated carbocycles. The molecule has 3 N–H and O–H groups in total. The first kappa shape index (κ1) is 20.1. The minimum Gasteiger partial charge on any atom is -0.480 e. The second kappa shape index (κ2) is 8.25. The number of sulfonamides is 1. The van der Waals surface area contributed by atoms with Gasteiger partial charge in [-0.3, -0.25) is 4.79 Å². The van der Waals surface area contributed by atoms with Crippen LogP contribution in [-0.4, -0.2) is 47.5 Å². The van der Waals surface area contributed by atoms with Crippen molar-refractivity contribution in [1.29, 1.82) is 0 Å². The molecule has 1 heterocycles. The number of nitrogens with zero attached hydrogens (tertiary/aromatic N) is 2. The lowest BCUT2D eigenvalue weighted by Gasteiger charge is -2.16. The third kappa shape index (κ3) is 5.93. The maximum atomic E-state index is 12.0. The molecular weight excluding hydrogens is 336 g/mol. The summed E-state index contributed by atoms with van der Waals surface area (Å²) in [4.78, 5) is 26.8. The molecule has 9 nitrogen and oxygen atoms in total. The Balaban J connectivity index is 2.54. The van der Waals surface area contributed by atoms with Crippen LogP contribution in [0.15, 0.2) is 11.2 Å². The summed E-state index contributed by atoms with van der Waals surface area (Å²) in [6, 6.07) is -0.979. The number of aliphatic carboxylic acids is 1. The summed E-state index contributed by atoms with van der Waals surface area (Å²) in [5.74, 6) is -0.979. The zero-order chi connectivity index (χ0) is 18.5. The number of aromatic nitrogens is 2. The topological polar surface area (TPSA) is 130 Å². The van der Waals surface area contributed by atoms with E-state index in [4.69, 9.17) is 5.11 Å². The first-order valence-corrected chi connectivity index (χ1v) is 9.03. The van der Waals surface area contributed by atoms with Crippen molar-refractivity contribution in [2.45, 2.75) is 44.7 Å². The Morgan fingerprint density at radius 2 is 2.00 bits per heavy atom. The van der Waals surface area contributed by atoms with E-state index in [1.807, 2.05) is 13.8 Å². The fraction of sp³-hybridized carbons (Fsp3) is 0.643. The van der Waals surface area contributed by atoms with Crippen LogP contribution in [0.2, 0.25) is 0 Å². The summed E-state index contributed by atoms with van der Waals surface area (Å²) >= 11 is 0. The number of hydrogen-bond acceptors (Lipinski definition) is 5. The molecule has 1 rings (SSSR count). The molecule has 0 aliphatic rings. The van der Waals surface area contributed by atoms with Crippen LogP contribution >= 0.6 is 0 Å². The highest BCUT2D eigenvalue weighted by Crippen LogP contribution is 2.08. The molecule has 0 aliphatic heterocycles. The SMILES string of the molecule is Cc1nc(S(=O)(=O)NCCC(=O)N[C@H](CC(C)C)C(=O)O)cn1C. The van der Waals surface area contributed by atoms with Crippen LogP contribution in [0.4, 0.5) is 0 Å². The van der Waals surface area contributed by atoms with Crippen LogP contribution in [-0.2, 0) is 26.7 Å². The standard InChI is InChI=1S/C14H24N4O5S/c1-9(2)7-11(14(20)21)17-12(19)5-6-15-24(22,23)13-8-18(4)10(3)16-13/h8-9,11,15H,5-7H2,1-4H3,(H,17,19)(H,20,21)/t11-/m1/s1. The molecule has 0 fully saturated rings. The normalized spacial score (nSPS) is 13.0. The minimum atomic E-state index is -3.80. The van der Waals surface area contributed by atoms with Gasteiger partial charge in [-0.1, -0.05) is 13.8 Å². The predicted octanol–water partition coefficient (Wildman–Crippen LogP) is 0.0124. The number of carbonyl (C=O) groups excluding carboxylic acids is 1. The van der Waals surface area contributed by atoms with Gasteiger partial charge in [-0.05, 0) is 19.3 Å². The van der Waals surface area contributed by atoms with Crippen molar-refractivity contribution in [3.63, 3.8) is 0 Å². The van der Waals surface area contributed by atoms with E-state index < -0.39 is 27.9 Å². The van der Waals surface area contributed by atoms with E-state index in [0.717, 1.165) is 0 Å². The number of carboxylic acid groups (broad SMARTS) is 1. The molecule has 0 radical (unpaired) electrons. The molecule has 10 heteroatoms. The van der Waals surface area contributed by atoms with Crippen molar-refractivity contribution in [3.05, 3.63) is 12.0 Å². The van der Waals surface area contributed by atoms with E-state index in [1.165, 1.54) is 6.20 Å². The summed E-state index contributed by atoms with van der Waals surface area (Å²) in [6.45, 7) is 5.24. The van der Waals surface area contributed by atoms with Gasteiger partial charge in [-0.25, -0.2) is 22.9 Å². The Morgan fingerprint density at radius 3 is 2.46 bits per heavy atom. The second-order valence-electron chi connectivity index (χ2n) is 5.97. The van der Waals surface area contributed by atoms with Crippen molar-refractivity contribution in [3.8, 4) is 0 Å². The van der Waals surface area contributed by atoms with Gasteiger partial charge >= 0.3 is 5.97 Å². The maximum absolute atomic E-state index is 12.0. The van der Waals surface area contributed by atoms with Gasteiger partial charge < -0.3 is 15.0 Å². The van der Waals surface area contributed by atoms with Crippen molar-refractivity contribution in [1.82, 2.24) is 19.6 Å². The van der Waals surface area contributed by atoms with E-state index in [0.29, 0.717) is 12.2 Å². The van der Waals surface area contributed by atoms with Crippen molar-refractivity contribution >= 4 is 21.9 Å². The molecule has 0 aromatic carbocycles. The zero-order valence-electron chi connectivity index (χ0n) is 14.2. The first-order valence-electron chi connectivity index (χ1n) is 7.54. The largest absolute Gasteiger partial charge is 0.480 e. The lowest BCUT2D eigenvalue weighted by molar-refractivity contribution is -0.142. The van der Waals surface area contributed by atoms with Crippen LogP contribution < -0.4 is 10.0 Å². The number of nitrogens with one attached hydrogen (secondary N) is 2. The number of carboxylic acids is 1. The van der Waals surface area contributed by atoms with Gasteiger partial charge in [0.15, 0.2) is 5.03 Å². The van der Waals surface area contributed by atoms with Crippen molar-refractivity contribution in [2.75, 3.05) is 6.54 Å². The molecule has 0 bridgehead atoms. The van der Waals surface area contributed by atoms with E-state index in [-0.39, 0.29) is 23.9 Å². The van der Waals surface area contributed by atoms with Crippen LogP contribution in [0.1, 0.15) is 32.5 Å². The smallest absolute Gasteiger partial charge is 0.326 e. The average Bonchev–Trinajstić information content (AvgIpc) is 2.78. The van der Waals surface area contributed by atoms with Crippen LogP contribution in [0.3, 0.4) is 0 Å². The Hall–Kier alpha value is -1.94. The monoisotopic (exact) mass is 360 g/mol. The minimum absolute atomic E-state index is 0.109.